The lowest BCUT2D eigenvalue weighted by molar-refractivity contribution is 0.0663. The van der Waals surface area contributed by atoms with Gasteiger partial charge in [0.15, 0.2) is 0 Å². The molecule has 6 nitrogen and oxygen atoms in total. The van der Waals surface area contributed by atoms with Gasteiger partial charge in [-0.15, -0.1) is 0 Å². The molecule has 2 aromatic rings. The summed E-state index contributed by atoms with van der Waals surface area (Å²) in [4.78, 5) is 25.0. The summed E-state index contributed by atoms with van der Waals surface area (Å²) in [6.45, 7) is 3.28. The fourth-order valence-corrected chi connectivity index (χ4v) is 2.76. The Balaban J connectivity index is 1.67. The van der Waals surface area contributed by atoms with Gasteiger partial charge in [0.05, 0.1) is 11.3 Å². The molecule has 1 N–H and O–H groups in total. The van der Waals surface area contributed by atoms with Gasteiger partial charge in [0, 0.05) is 43.0 Å². The molecule has 0 radical (unpaired) electrons. The third-order valence-corrected chi connectivity index (χ3v) is 4.50. The van der Waals surface area contributed by atoms with E-state index in [0.29, 0.717) is 11.5 Å². The van der Waals surface area contributed by atoms with Gasteiger partial charge in [0.25, 0.3) is 5.91 Å². The van der Waals surface area contributed by atoms with Crippen molar-refractivity contribution in [2.75, 3.05) is 38.5 Å². The average Bonchev–Trinajstić information content (AvgIpc) is 2.58. The molecule has 2 heterocycles. The highest BCUT2D eigenvalue weighted by atomic mass is 79.9. The van der Waals surface area contributed by atoms with Gasteiger partial charge in [-0.2, -0.15) is 0 Å². The van der Waals surface area contributed by atoms with Gasteiger partial charge >= 0.3 is 0 Å². The number of aromatic nitrogens is 2. The van der Waals surface area contributed by atoms with Crippen LogP contribution < -0.4 is 5.32 Å². The number of carbonyl (C=O) groups excluding carboxylic acids is 1. The number of anilines is 2. The van der Waals surface area contributed by atoms with Crippen LogP contribution in [-0.4, -0.2) is 58.9 Å². The van der Waals surface area contributed by atoms with Gasteiger partial charge < -0.3 is 15.1 Å². The second-order valence-corrected chi connectivity index (χ2v) is 6.35. The van der Waals surface area contributed by atoms with E-state index in [2.05, 4.69) is 43.2 Å². The molecule has 1 aliphatic rings. The molecular formula is C16H18BrN5O. The number of likely N-dealkylation sites (N-methyl/N-ethyl adjacent to an activating group) is 1. The first-order valence-corrected chi connectivity index (χ1v) is 8.24. The summed E-state index contributed by atoms with van der Waals surface area (Å²) in [7, 11) is 2.06. The molecule has 0 saturated carbocycles. The van der Waals surface area contributed by atoms with E-state index in [9.17, 15) is 4.79 Å². The summed E-state index contributed by atoms with van der Waals surface area (Å²) in [6.07, 6.45) is 3.15. The number of carbonyl (C=O) groups is 1. The van der Waals surface area contributed by atoms with Gasteiger partial charge in [-0.05, 0) is 35.1 Å². The molecule has 0 atom stereocenters. The average molecular weight is 376 g/mol. The number of nitrogens with zero attached hydrogens (tertiary/aromatic N) is 4. The molecule has 0 aliphatic carbocycles. The first kappa shape index (κ1) is 15.9. The fourth-order valence-electron chi connectivity index (χ4n) is 2.38. The summed E-state index contributed by atoms with van der Waals surface area (Å²) < 4.78 is 0.932. The third kappa shape index (κ3) is 3.86. The summed E-state index contributed by atoms with van der Waals surface area (Å²) >= 11 is 3.47. The first-order chi connectivity index (χ1) is 11.1. The summed E-state index contributed by atoms with van der Waals surface area (Å²) in [6, 6.07) is 7.73. The number of piperazine rings is 1. The van der Waals surface area contributed by atoms with Crippen LogP contribution in [0.4, 0.5) is 11.6 Å². The van der Waals surface area contributed by atoms with Crippen molar-refractivity contribution < 1.29 is 4.79 Å². The number of nitrogens with one attached hydrogen (secondary N) is 1. The van der Waals surface area contributed by atoms with Gasteiger partial charge in [0.1, 0.15) is 0 Å². The predicted molar refractivity (Wildman–Crippen MR) is 92.9 cm³/mol. The van der Waals surface area contributed by atoms with E-state index >= 15 is 0 Å². The zero-order valence-corrected chi connectivity index (χ0v) is 14.5. The number of amides is 1. The van der Waals surface area contributed by atoms with Gasteiger partial charge in [-0.3, -0.25) is 4.79 Å². The number of halogens is 1. The van der Waals surface area contributed by atoms with Crippen molar-refractivity contribution in [1.29, 1.82) is 0 Å². The Morgan fingerprint density at radius 3 is 2.43 bits per heavy atom. The van der Waals surface area contributed by atoms with Gasteiger partial charge in [-0.25, -0.2) is 9.97 Å². The van der Waals surface area contributed by atoms with Crippen LogP contribution in [0.2, 0.25) is 0 Å². The van der Waals surface area contributed by atoms with Gasteiger partial charge in [0.2, 0.25) is 5.95 Å². The molecule has 7 heteroatoms. The Morgan fingerprint density at radius 2 is 1.78 bits per heavy atom. The quantitative estimate of drug-likeness (QED) is 0.891. The van der Waals surface area contributed by atoms with Crippen molar-refractivity contribution in [1.82, 2.24) is 19.8 Å². The van der Waals surface area contributed by atoms with Crippen LogP contribution in [0.3, 0.4) is 0 Å². The van der Waals surface area contributed by atoms with Crippen LogP contribution in [0.25, 0.3) is 0 Å². The largest absolute Gasteiger partial charge is 0.336 e. The molecule has 1 amide bonds. The Morgan fingerprint density at radius 1 is 1.13 bits per heavy atom. The van der Waals surface area contributed by atoms with E-state index in [0.717, 1.165) is 36.3 Å². The molecule has 1 aromatic carbocycles. The number of rotatable bonds is 3. The minimum absolute atomic E-state index is 0.00876. The number of para-hydroxylation sites is 1. The van der Waals surface area contributed by atoms with Crippen LogP contribution >= 0.6 is 15.9 Å². The van der Waals surface area contributed by atoms with Crippen molar-refractivity contribution in [3.8, 4) is 0 Å². The molecule has 1 fully saturated rings. The van der Waals surface area contributed by atoms with Crippen LogP contribution in [0, 0.1) is 0 Å². The van der Waals surface area contributed by atoms with Crippen molar-refractivity contribution >= 4 is 33.5 Å². The number of hydrogen-bond acceptors (Lipinski definition) is 5. The second-order valence-electron chi connectivity index (χ2n) is 5.50. The molecule has 0 spiro atoms. The monoisotopic (exact) mass is 375 g/mol. The molecule has 3 rings (SSSR count). The highest BCUT2D eigenvalue weighted by molar-refractivity contribution is 9.10. The fraction of sp³-hybridized carbons (Fsp3) is 0.312. The second kappa shape index (κ2) is 7.06. The molecule has 0 bridgehead atoms. The third-order valence-electron chi connectivity index (χ3n) is 3.81. The van der Waals surface area contributed by atoms with E-state index in [4.69, 9.17) is 0 Å². The molecule has 23 heavy (non-hydrogen) atoms. The van der Waals surface area contributed by atoms with Crippen molar-refractivity contribution in [2.45, 2.75) is 0 Å². The Hall–Kier alpha value is -1.99. The van der Waals surface area contributed by atoms with Crippen molar-refractivity contribution in [2.24, 2.45) is 0 Å². The topological polar surface area (TPSA) is 61.4 Å². The lowest BCUT2D eigenvalue weighted by Crippen LogP contribution is -2.47. The van der Waals surface area contributed by atoms with Crippen LogP contribution in [-0.2, 0) is 0 Å². The lowest BCUT2D eigenvalue weighted by Gasteiger charge is -2.32. The summed E-state index contributed by atoms with van der Waals surface area (Å²) in [5, 5.41) is 3.12. The number of benzene rings is 1. The van der Waals surface area contributed by atoms with E-state index < -0.39 is 0 Å². The molecule has 0 unspecified atom stereocenters. The molecule has 1 saturated heterocycles. The highest BCUT2D eigenvalue weighted by Crippen LogP contribution is 2.23. The molecule has 120 valence electrons. The van der Waals surface area contributed by atoms with Crippen LogP contribution in [0.15, 0.2) is 41.1 Å². The zero-order valence-electron chi connectivity index (χ0n) is 12.9. The minimum atomic E-state index is -0.00876. The SMILES string of the molecule is CN1CCN(C(=O)c2cnc(Nc3ccccc3Br)nc2)CC1. The molecule has 1 aromatic heterocycles. The summed E-state index contributed by atoms with van der Waals surface area (Å²) in [5.74, 6) is 0.456. The van der Waals surface area contributed by atoms with E-state index in [1.165, 1.54) is 0 Å². The number of hydrogen-bond donors (Lipinski definition) is 1. The van der Waals surface area contributed by atoms with E-state index in [1.807, 2.05) is 29.2 Å². The van der Waals surface area contributed by atoms with Crippen molar-refractivity contribution in [3.63, 3.8) is 0 Å². The predicted octanol–water partition coefficient (Wildman–Crippen LogP) is 2.37. The minimum Gasteiger partial charge on any atom is -0.336 e. The zero-order chi connectivity index (χ0) is 16.2. The van der Waals surface area contributed by atoms with E-state index in [-0.39, 0.29) is 5.91 Å². The Kier molecular flexibility index (Phi) is 4.88. The van der Waals surface area contributed by atoms with Gasteiger partial charge in [-0.1, -0.05) is 12.1 Å². The Labute approximate surface area is 143 Å². The lowest BCUT2D eigenvalue weighted by atomic mass is 10.2. The maximum atomic E-state index is 12.4. The van der Waals surface area contributed by atoms with Crippen molar-refractivity contribution in [3.05, 3.63) is 46.7 Å². The maximum Gasteiger partial charge on any atom is 0.257 e. The molecular weight excluding hydrogens is 358 g/mol. The summed E-state index contributed by atoms with van der Waals surface area (Å²) in [5.41, 5.74) is 1.40. The van der Waals surface area contributed by atoms with E-state index in [1.54, 1.807) is 12.4 Å². The Bertz CT molecular complexity index is 683. The molecule has 1 aliphatic heterocycles. The first-order valence-electron chi connectivity index (χ1n) is 7.45. The van der Waals surface area contributed by atoms with Crippen LogP contribution in [0.5, 0.6) is 0 Å². The highest BCUT2D eigenvalue weighted by Gasteiger charge is 2.20. The standard InChI is InChI=1S/C16H18BrN5O/c1-21-6-8-22(9-7-21)15(23)12-10-18-16(19-11-12)20-14-5-3-2-4-13(14)17/h2-5,10-11H,6-9H2,1H3,(H,18,19,20). The maximum absolute atomic E-state index is 12.4. The smallest absolute Gasteiger partial charge is 0.257 e. The van der Waals surface area contributed by atoms with Crippen LogP contribution in [0.1, 0.15) is 10.4 Å². The normalized spacial score (nSPS) is 15.5.